The molecular formula is C20H21BrN2O4. The molecule has 2 saturated heterocycles. The van der Waals surface area contributed by atoms with Crippen LogP contribution < -0.4 is 4.74 Å². The lowest BCUT2D eigenvalue weighted by atomic mass is 9.95. The average molecular weight is 433 g/mol. The standard InChI is InChI=1S/C20H21BrN2O4/c21-15-3-5-16(6-4-15)27-18-17(2-1-9-22-18)19(24)23-10-7-14(8-11-23)20-25-12-13-26-20/h1-6,9,14,20H,7-8,10-13H2. The second-order valence-corrected chi connectivity index (χ2v) is 7.57. The number of hydrogen-bond donors (Lipinski definition) is 0. The molecule has 1 aromatic heterocycles. The van der Waals surface area contributed by atoms with Crippen LogP contribution in [0, 0.1) is 5.92 Å². The smallest absolute Gasteiger partial charge is 0.259 e. The van der Waals surface area contributed by atoms with Gasteiger partial charge in [-0.05, 0) is 49.2 Å². The highest BCUT2D eigenvalue weighted by atomic mass is 79.9. The summed E-state index contributed by atoms with van der Waals surface area (Å²) in [4.78, 5) is 19.2. The summed E-state index contributed by atoms with van der Waals surface area (Å²) < 4.78 is 18.0. The van der Waals surface area contributed by atoms with Gasteiger partial charge in [-0.2, -0.15) is 0 Å². The molecule has 0 radical (unpaired) electrons. The number of pyridine rings is 1. The fourth-order valence-corrected chi connectivity index (χ4v) is 3.71. The summed E-state index contributed by atoms with van der Waals surface area (Å²) in [5, 5.41) is 0. The zero-order valence-corrected chi connectivity index (χ0v) is 16.4. The van der Waals surface area contributed by atoms with Crippen molar-refractivity contribution in [2.24, 2.45) is 5.92 Å². The Hall–Kier alpha value is -1.96. The number of halogens is 1. The Bertz CT molecular complexity index is 785. The number of carbonyl (C=O) groups excluding carboxylic acids is 1. The van der Waals surface area contributed by atoms with Crippen LogP contribution in [-0.2, 0) is 9.47 Å². The Morgan fingerprint density at radius 2 is 1.81 bits per heavy atom. The molecule has 3 heterocycles. The van der Waals surface area contributed by atoms with Crippen LogP contribution >= 0.6 is 15.9 Å². The van der Waals surface area contributed by atoms with Gasteiger partial charge in [-0.25, -0.2) is 4.98 Å². The minimum absolute atomic E-state index is 0.0538. The molecular weight excluding hydrogens is 412 g/mol. The van der Waals surface area contributed by atoms with Crippen molar-refractivity contribution >= 4 is 21.8 Å². The molecule has 0 unspecified atom stereocenters. The Kier molecular flexibility index (Phi) is 5.71. The zero-order chi connectivity index (χ0) is 18.6. The van der Waals surface area contributed by atoms with E-state index in [9.17, 15) is 4.79 Å². The first-order valence-corrected chi connectivity index (χ1v) is 9.91. The fraction of sp³-hybridized carbons (Fsp3) is 0.400. The zero-order valence-electron chi connectivity index (χ0n) is 14.8. The Morgan fingerprint density at radius 1 is 1.11 bits per heavy atom. The Morgan fingerprint density at radius 3 is 2.52 bits per heavy atom. The van der Waals surface area contributed by atoms with Crippen LogP contribution in [0.4, 0.5) is 0 Å². The number of piperidine rings is 1. The van der Waals surface area contributed by atoms with E-state index in [0.717, 1.165) is 17.3 Å². The predicted molar refractivity (Wildman–Crippen MR) is 103 cm³/mol. The van der Waals surface area contributed by atoms with Gasteiger partial charge < -0.3 is 19.1 Å². The van der Waals surface area contributed by atoms with Crippen LogP contribution in [0.3, 0.4) is 0 Å². The second-order valence-electron chi connectivity index (χ2n) is 6.65. The van der Waals surface area contributed by atoms with Crippen molar-refractivity contribution in [1.82, 2.24) is 9.88 Å². The van der Waals surface area contributed by atoms with Gasteiger partial charge in [0.1, 0.15) is 11.3 Å². The summed E-state index contributed by atoms with van der Waals surface area (Å²) in [6.07, 6.45) is 3.27. The van der Waals surface area contributed by atoms with E-state index in [1.807, 2.05) is 29.2 Å². The maximum absolute atomic E-state index is 13.0. The van der Waals surface area contributed by atoms with E-state index >= 15 is 0 Å². The topological polar surface area (TPSA) is 60.9 Å². The molecule has 0 aliphatic carbocycles. The highest BCUT2D eigenvalue weighted by Gasteiger charge is 2.32. The van der Waals surface area contributed by atoms with E-state index in [0.29, 0.717) is 49.4 Å². The van der Waals surface area contributed by atoms with Gasteiger partial charge in [0, 0.05) is 29.7 Å². The number of likely N-dealkylation sites (tertiary alicyclic amines) is 1. The van der Waals surface area contributed by atoms with Crippen molar-refractivity contribution in [3.05, 3.63) is 52.6 Å². The van der Waals surface area contributed by atoms with Gasteiger partial charge in [-0.1, -0.05) is 15.9 Å². The van der Waals surface area contributed by atoms with Gasteiger partial charge in [-0.3, -0.25) is 4.79 Å². The molecule has 6 nitrogen and oxygen atoms in total. The van der Waals surface area contributed by atoms with Gasteiger partial charge in [0.05, 0.1) is 13.2 Å². The van der Waals surface area contributed by atoms with E-state index in [1.165, 1.54) is 0 Å². The van der Waals surface area contributed by atoms with Crippen molar-refractivity contribution in [1.29, 1.82) is 0 Å². The van der Waals surface area contributed by atoms with Gasteiger partial charge in [0.2, 0.25) is 5.88 Å². The van der Waals surface area contributed by atoms with Crippen molar-refractivity contribution in [2.75, 3.05) is 26.3 Å². The third kappa shape index (κ3) is 4.31. The minimum Gasteiger partial charge on any atom is -0.438 e. The minimum atomic E-state index is -0.114. The number of benzene rings is 1. The maximum atomic E-state index is 13.0. The summed E-state index contributed by atoms with van der Waals surface area (Å²) in [7, 11) is 0. The SMILES string of the molecule is O=C(c1cccnc1Oc1ccc(Br)cc1)N1CCC(C2OCCO2)CC1. The van der Waals surface area contributed by atoms with Gasteiger partial charge in [0.25, 0.3) is 5.91 Å². The monoisotopic (exact) mass is 432 g/mol. The van der Waals surface area contributed by atoms with Crippen LogP contribution in [0.2, 0.25) is 0 Å². The molecule has 1 aromatic carbocycles. The molecule has 142 valence electrons. The molecule has 0 atom stereocenters. The van der Waals surface area contributed by atoms with Gasteiger partial charge >= 0.3 is 0 Å². The van der Waals surface area contributed by atoms with E-state index in [4.69, 9.17) is 14.2 Å². The van der Waals surface area contributed by atoms with Crippen molar-refractivity contribution in [3.63, 3.8) is 0 Å². The predicted octanol–water partition coefficient (Wildman–Crippen LogP) is 3.86. The molecule has 0 N–H and O–H groups in total. The molecule has 0 bridgehead atoms. The number of nitrogens with zero attached hydrogens (tertiary/aromatic N) is 2. The van der Waals surface area contributed by atoms with Crippen LogP contribution in [0.25, 0.3) is 0 Å². The van der Waals surface area contributed by atoms with Crippen LogP contribution in [0.1, 0.15) is 23.2 Å². The Balaban J connectivity index is 1.43. The summed E-state index contributed by atoms with van der Waals surface area (Å²) in [5.74, 6) is 1.26. The van der Waals surface area contributed by atoms with Crippen LogP contribution in [0.15, 0.2) is 47.1 Å². The van der Waals surface area contributed by atoms with Crippen molar-refractivity contribution < 1.29 is 19.0 Å². The molecule has 2 fully saturated rings. The molecule has 4 rings (SSSR count). The maximum Gasteiger partial charge on any atom is 0.259 e. The molecule has 1 amide bonds. The lowest BCUT2D eigenvalue weighted by Crippen LogP contribution is -2.41. The number of rotatable bonds is 4. The third-order valence-corrected chi connectivity index (χ3v) is 5.42. The van der Waals surface area contributed by atoms with Crippen molar-refractivity contribution in [3.8, 4) is 11.6 Å². The largest absolute Gasteiger partial charge is 0.438 e. The quantitative estimate of drug-likeness (QED) is 0.733. The lowest BCUT2D eigenvalue weighted by molar-refractivity contribution is -0.0956. The molecule has 0 spiro atoms. The number of carbonyl (C=O) groups is 1. The number of ether oxygens (including phenoxy) is 3. The van der Waals surface area contributed by atoms with Crippen LogP contribution in [-0.4, -0.2) is 48.4 Å². The molecule has 2 aliphatic heterocycles. The van der Waals surface area contributed by atoms with E-state index < -0.39 is 0 Å². The number of amides is 1. The molecule has 2 aromatic rings. The fourth-order valence-electron chi connectivity index (χ4n) is 3.44. The molecule has 7 heteroatoms. The number of hydrogen-bond acceptors (Lipinski definition) is 5. The van der Waals surface area contributed by atoms with E-state index in [-0.39, 0.29) is 12.2 Å². The van der Waals surface area contributed by atoms with E-state index in [2.05, 4.69) is 20.9 Å². The Labute approximate surface area is 166 Å². The highest BCUT2D eigenvalue weighted by Crippen LogP contribution is 2.29. The molecule has 27 heavy (non-hydrogen) atoms. The second kappa shape index (κ2) is 8.37. The third-order valence-electron chi connectivity index (χ3n) is 4.89. The summed E-state index contributed by atoms with van der Waals surface area (Å²) in [6.45, 7) is 2.69. The first-order chi connectivity index (χ1) is 13.2. The van der Waals surface area contributed by atoms with Gasteiger partial charge in [0.15, 0.2) is 6.29 Å². The highest BCUT2D eigenvalue weighted by molar-refractivity contribution is 9.10. The van der Waals surface area contributed by atoms with E-state index in [1.54, 1.807) is 18.3 Å². The normalized spacial score (nSPS) is 18.6. The molecule has 0 saturated carbocycles. The van der Waals surface area contributed by atoms with Crippen LogP contribution in [0.5, 0.6) is 11.6 Å². The lowest BCUT2D eigenvalue weighted by Gasteiger charge is -2.34. The first-order valence-electron chi connectivity index (χ1n) is 9.11. The summed E-state index contributed by atoms with van der Waals surface area (Å²) in [6, 6.07) is 11.0. The average Bonchev–Trinajstić information content (AvgIpc) is 3.25. The van der Waals surface area contributed by atoms with Crippen molar-refractivity contribution in [2.45, 2.75) is 19.1 Å². The van der Waals surface area contributed by atoms with Gasteiger partial charge in [-0.15, -0.1) is 0 Å². The summed E-state index contributed by atoms with van der Waals surface area (Å²) >= 11 is 3.40. The summed E-state index contributed by atoms with van der Waals surface area (Å²) in [5.41, 5.74) is 0.479. The first kappa shape index (κ1) is 18.4. The number of aromatic nitrogens is 1. The molecule has 2 aliphatic rings.